The Labute approximate surface area is 148 Å². The fraction of sp³-hybridized carbons (Fsp3) is 0.381. The molecule has 0 aliphatic carbocycles. The molecule has 0 aromatic heterocycles. The minimum Gasteiger partial charge on any atom is -0.447 e. The lowest BCUT2D eigenvalue weighted by molar-refractivity contribution is 0.177. The molecule has 0 unspecified atom stereocenters. The molecule has 4 rings (SSSR count). The molecule has 2 aromatic carbocycles. The summed E-state index contributed by atoms with van der Waals surface area (Å²) in [5.41, 5.74) is 4.90. The van der Waals surface area contributed by atoms with Gasteiger partial charge in [0.15, 0.2) is 0 Å². The lowest BCUT2D eigenvalue weighted by Gasteiger charge is -2.14. The van der Waals surface area contributed by atoms with Crippen molar-refractivity contribution < 1.29 is 9.53 Å². The Bertz CT molecular complexity index is 719. The number of amides is 1. The number of carbonyl (C=O) groups is 1. The quantitative estimate of drug-likeness (QED) is 0.903. The second-order valence-corrected chi connectivity index (χ2v) is 6.91. The number of nitrogens with one attached hydrogen (secondary N) is 1. The Balaban J connectivity index is 1.38. The molecular weight excluding hydrogens is 312 g/mol. The van der Waals surface area contributed by atoms with E-state index < -0.39 is 0 Å². The SMILES string of the molecule is O=C1N[C@H](c2ccc(-c3ccc(CCN4CCCC4)cc3)cc2)CO1. The summed E-state index contributed by atoms with van der Waals surface area (Å²) in [6, 6.07) is 17.2. The number of rotatable bonds is 5. The van der Waals surface area contributed by atoms with Crippen molar-refractivity contribution in [1.82, 2.24) is 10.2 Å². The Morgan fingerprint density at radius 3 is 2.20 bits per heavy atom. The normalized spacial score (nSPS) is 20.5. The van der Waals surface area contributed by atoms with Gasteiger partial charge in [0.1, 0.15) is 6.61 Å². The summed E-state index contributed by atoms with van der Waals surface area (Å²) in [7, 11) is 0. The van der Waals surface area contributed by atoms with E-state index in [1.54, 1.807) is 0 Å². The molecule has 0 bridgehead atoms. The van der Waals surface area contributed by atoms with E-state index in [1.165, 1.54) is 49.2 Å². The summed E-state index contributed by atoms with van der Waals surface area (Å²) < 4.78 is 4.95. The van der Waals surface area contributed by atoms with E-state index in [4.69, 9.17) is 4.74 Å². The molecular formula is C21H24N2O2. The summed E-state index contributed by atoms with van der Waals surface area (Å²) in [6.45, 7) is 4.10. The van der Waals surface area contributed by atoms with E-state index in [-0.39, 0.29) is 12.1 Å². The molecule has 2 aromatic rings. The number of carbonyl (C=O) groups excluding carboxylic acids is 1. The average Bonchev–Trinajstić information content (AvgIpc) is 3.32. The molecule has 2 heterocycles. The molecule has 2 aliphatic heterocycles. The zero-order valence-corrected chi connectivity index (χ0v) is 14.4. The summed E-state index contributed by atoms with van der Waals surface area (Å²) in [6.07, 6.45) is 3.50. The van der Waals surface area contributed by atoms with Crippen LogP contribution in [0.5, 0.6) is 0 Å². The second kappa shape index (κ2) is 7.28. The molecule has 0 spiro atoms. The molecule has 4 heteroatoms. The van der Waals surface area contributed by atoms with Crippen LogP contribution in [0.2, 0.25) is 0 Å². The average molecular weight is 336 g/mol. The van der Waals surface area contributed by atoms with Gasteiger partial charge in [-0.25, -0.2) is 4.79 Å². The Kier molecular flexibility index (Phi) is 4.70. The van der Waals surface area contributed by atoms with Crippen molar-refractivity contribution in [1.29, 1.82) is 0 Å². The summed E-state index contributed by atoms with van der Waals surface area (Å²) in [5, 5.41) is 2.81. The predicted molar refractivity (Wildman–Crippen MR) is 98.5 cm³/mol. The second-order valence-electron chi connectivity index (χ2n) is 6.91. The fourth-order valence-electron chi connectivity index (χ4n) is 3.63. The fourth-order valence-corrected chi connectivity index (χ4v) is 3.63. The zero-order valence-electron chi connectivity index (χ0n) is 14.4. The predicted octanol–water partition coefficient (Wildman–Crippen LogP) is 3.77. The number of benzene rings is 2. The van der Waals surface area contributed by atoms with Gasteiger partial charge in [-0.3, -0.25) is 0 Å². The molecule has 1 amide bonds. The van der Waals surface area contributed by atoms with E-state index >= 15 is 0 Å². The number of alkyl carbamates (subject to hydrolysis) is 1. The third-order valence-electron chi connectivity index (χ3n) is 5.19. The Morgan fingerprint density at radius 1 is 0.960 bits per heavy atom. The van der Waals surface area contributed by atoms with Crippen LogP contribution >= 0.6 is 0 Å². The Morgan fingerprint density at radius 2 is 1.60 bits per heavy atom. The van der Waals surface area contributed by atoms with Crippen LogP contribution in [0.4, 0.5) is 4.79 Å². The highest BCUT2D eigenvalue weighted by Gasteiger charge is 2.23. The standard InChI is InChI=1S/C21H24N2O2/c24-21-22-20(15-25-21)19-9-7-18(8-10-19)17-5-3-16(4-6-17)11-14-23-12-1-2-13-23/h3-10,20H,1-2,11-15H2,(H,22,24)/t20-/m0/s1. The molecule has 25 heavy (non-hydrogen) atoms. The monoisotopic (exact) mass is 336 g/mol. The third kappa shape index (κ3) is 3.85. The van der Waals surface area contributed by atoms with Crippen molar-refractivity contribution >= 4 is 6.09 Å². The number of ether oxygens (including phenoxy) is 1. The van der Waals surface area contributed by atoms with Gasteiger partial charge in [-0.15, -0.1) is 0 Å². The van der Waals surface area contributed by atoms with Crippen molar-refractivity contribution in [3.05, 3.63) is 59.7 Å². The first kappa shape index (κ1) is 16.2. The molecule has 1 N–H and O–H groups in total. The van der Waals surface area contributed by atoms with Gasteiger partial charge in [0.25, 0.3) is 0 Å². The summed E-state index contributed by atoms with van der Waals surface area (Å²) >= 11 is 0. The van der Waals surface area contributed by atoms with Gasteiger partial charge in [0, 0.05) is 6.54 Å². The van der Waals surface area contributed by atoms with Crippen LogP contribution in [0.25, 0.3) is 11.1 Å². The molecule has 1 atom stereocenters. The van der Waals surface area contributed by atoms with Gasteiger partial charge in [0.2, 0.25) is 0 Å². The van der Waals surface area contributed by atoms with Crippen LogP contribution in [0.3, 0.4) is 0 Å². The van der Waals surface area contributed by atoms with E-state index in [1.807, 2.05) is 0 Å². The first-order chi connectivity index (χ1) is 12.3. The van der Waals surface area contributed by atoms with Crippen LogP contribution in [0, 0.1) is 0 Å². The van der Waals surface area contributed by atoms with Gasteiger partial charge in [-0.2, -0.15) is 0 Å². The molecule has 2 fully saturated rings. The van der Waals surface area contributed by atoms with Gasteiger partial charge in [-0.05, 0) is 54.6 Å². The molecule has 2 aliphatic rings. The van der Waals surface area contributed by atoms with Gasteiger partial charge < -0.3 is 15.0 Å². The third-order valence-corrected chi connectivity index (χ3v) is 5.19. The first-order valence-electron chi connectivity index (χ1n) is 9.13. The zero-order chi connectivity index (χ0) is 17.1. The molecule has 0 radical (unpaired) electrons. The number of hydrogen-bond donors (Lipinski definition) is 1. The molecule has 0 saturated carbocycles. The summed E-state index contributed by atoms with van der Waals surface area (Å²) in [5.74, 6) is 0. The maximum Gasteiger partial charge on any atom is 0.407 e. The molecule has 2 saturated heterocycles. The highest BCUT2D eigenvalue weighted by molar-refractivity contribution is 5.70. The number of hydrogen-bond acceptors (Lipinski definition) is 3. The largest absolute Gasteiger partial charge is 0.447 e. The van der Waals surface area contributed by atoms with Gasteiger partial charge in [0.05, 0.1) is 6.04 Å². The minimum absolute atomic E-state index is 0.0329. The molecule has 130 valence electrons. The molecule has 4 nitrogen and oxygen atoms in total. The van der Waals surface area contributed by atoms with Crippen molar-refractivity contribution in [2.75, 3.05) is 26.2 Å². The highest BCUT2D eigenvalue weighted by atomic mass is 16.6. The number of cyclic esters (lactones) is 1. The van der Waals surface area contributed by atoms with E-state index in [9.17, 15) is 4.79 Å². The Hall–Kier alpha value is -2.33. The summed E-state index contributed by atoms with van der Waals surface area (Å²) in [4.78, 5) is 13.7. The van der Waals surface area contributed by atoms with Crippen LogP contribution in [-0.2, 0) is 11.2 Å². The lowest BCUT2D eigenvalue weighted by atomic mass is 10.00. The maximum absolute atomic E-state index is 11.1. The van der Waals surface area contributed by atoms with Crippen molar-refractivity contribution in [2.24, 2.45) is 0 Å². The van der Waals surface area contributed by atoms with Gasteiger partial charge >= 0.3 is 6.09 Å². The maximum atomic E-state index is 11.1. The first-order valence-corrected chi connectivity index (χ1v) is 9.13. The van der Waals surface area contributed by atoms with Crippen LogP contribution < -0.4 is 5.32 Å². The van der Waals surface area contributed by atoms with E-state index in [0.717, 1.165) is 12.0 Å². The lowest BCUT2D eigenvalue weighted by Crippen LogP contribution is -2.21. The van der Waals surface area contributed by atoms with Crippen LogP contribution in [-0.4, -0.2) is 37.2 Å². The van der Waals surface area contributed by atoms with Gasteiger partial charge in [-0.1, -0.05) is 48.5 Å². The number of likely N-dealkylation sites (tertiary alicyclic amines) is 1. The van der Waals surface area contributed by atoms with Crippen molar-refractivity contribution in [3.8, 4) is 11.1 Å². The highest BCUT2D eigenvalue weighted by Crippen LogP contribution is 2.24. The topological polar surface area (TPSA) is 41.6 Å². The van der Waals surface area contributed by atoms with Crippen LogP contribution in [0.1, 0.15) is 30.0 Å². The van der Waals surface area contributed by atoms with E-state index in [0.29, 0.717) is 6.61 Å². The van der Waals surface area contributed by atoms with E-state index in [2.05, 4.69) is 58.7 Å². The van der Waals surface area contributed by atoms with Crippen molar-refractivity contribution in [3.63, 3.8) is 0 Å². The minimum atomic E-state index is -0.335. The number of nitrogens with zero attached hydrogens (tertiary/aromatic N) is 1. The van der Waals surface area contributed by atoms with Crippen molar-refractivity contribution in [2.45, 2.75) is 25.3 Å². The smallest absolute Gasteiger partial charge is 0.407 e. The van der Waals surface area contributed by atoms with Crippen LogP contribution in [0.15, 0.2) is 48.5 Å².